The second-order valence-corrected chi connectivity index (χ2v) is 4.18. The van der Waals surface area contributed by atoms with E-state index in [1.807, 2.05) is 6.07 Å². The lowest BCUT2D eigenvalue weighted by Crippen LogP contribution is -2.08. The molecular formula is C10H4BrN3O3. The monoisotopic (exact) mass is 293 g/mol. The van der Waals surface area contributed by atoms with Crippen molar-refractivity contribution in [1.82, 2.24) is 15.0 Å². The van der Waals surface area contributed by atoms with E-state index < -0.39 is 11.9 Å². The second kappa shape index (κ2) is 3.49. The number of hydrogen-bond acceptors (Lipinski definition) is 5. The van der Waals surface area contributed by atoms with E-state index in [1.54, 1.807) is 18.2 Å². The van der Waals surface area contributed by atoms with Gasteiger partial charge in [-0.2, -0.15) is 0 Å². The van der Waals surface area contributed by atoms with Crippen molar-refractivity contribution in [2.24, 2.45) is 0 Å². The Morgan fingerprint density at radius 3 is 2.71 bits per heavy atom. The molecule has 7 heteroatoms. The van der Waals surface area contributed by atoms with Crippen molar-refractivity contribution < 1.29 is 14.3 Å². The van der Waals surface area contributed by atoms with Crippen LogP contribution >= 0.6 is 15.9 Å². The highest BCUT2D eigenvalue weighted by molar-refractivity contribution is 9.10. The number of carbonyl (C=O) groups excluding carboxylic acids is 2. The largest absolute Gasteiger partial charge is 0.383 e. The van der Waals surface area contributed by atoms with Gasteiger partial charge in [-0.15, -0.1) is 5.10 Å². The summed E-state index contributed by atoms with van der Waals surface area (Å²) in [6, 6.07) is 7.16. The maximum absolute atomic E-state index is 11.5. The Balaban J connectivity index is 2.25. The number of fused-ring (bicyclic) bond motifs is 1. The van der Waals surface area contributed by atoms with Crippen LogP contribution in [0.25, 0.3) is 5.69 Å². The highest BCUT2D eigenvalue weighted by Crippen LogP contribution is 2.25. The smallest absolute Gasteiger partial charge is 0.369 e. The molecule has 2 aromatic rings. The van der Waals surface area contributed by atoms with Crippen molar-refractivity contribution in [3.05, 3.63) is 40.1 Å². The maximum atomic E-state index is 11.5. The third-order valence-corrected chi connectivity index (χ3v) is 2.99. The van der Waals surface area contributed by atoms with E-state index in [2.05, 4.69) is 31.0 Å². The summed E-state index contributed by atoms with van der Waals surface area (Å²) >= 11 is 3.34. The molecule has 1 aromatic heterocycles. The molecule has 3 rings (SSSR count). The molecule has 0 fully saturated rings. The van der Waals surface area contributed by atoms with Crippen LogP contribution in [0, 0.1) is 0 Å². The van der Waals surface area contributed by atoms with E-state index in [0.29, 0.717) is 5.69 Å². The Morgan fingerprint density at radius 2 is 1.94 bits per heavy atom. The summed E-state index contributed by atoms with van der Waals surface area (Å²) in [5.41, 5.74) is 0.626. The number of carbonyl (C=O) groups is 2. The highest BCUT2D eigenvalue weighted by Gasteiger charge is 2.37. The van der Waals surface area contributed by atoms with Crippen molar-refractivity contribution in [1.29, 1.82) is 0 Å². The molecule has 0 amide bonds. The molecule has 0 aliphatic carbocycles. The molecule has 0 N–H and O–H groups in total. The summed E-state index contributed by atoms with van der Waals surface area (Å²) in [6.45, 7) is 0. The second-order valence-electron chi connectivity index (χ2n) is 3.33. The van der Waals surface area contributed by atoms with E-state index in [0.717, 1.165) is 4.47 Å². The number of para-hydroxylation sites is 1. The molecular weight excluding hydrogens is 290 g/mol. The Hall–Kier alpha value is -2.02. The summed E-state index contributed by atoms with van der Waals surface area (Å²) in [4.78, 5) is 22.7. The quantitative estimate of drug-likeness (QED) is 0.586. The summed E-state index contributed by atoms with van der Waals surface area (Å²) in [6.07, 6.45) is 0. The third-order valence-electron chi connectivity index (χ3n) is 2.32. The van der Waals surface area contributed by atoms with Crippen LogP contribution in [0.2, 0.25) is 0 Å². The molecule has 0 atom stereocenters. The van der Waals surface area contributed by atoms with E-state index in [1.165, 1.54) is 4.68 Å². The summed E-state index contributed by atoms with van der Waals surface area (Å²) in [5, 5.41) is 7.43. The highest BCUT2D eigenvalue weighted by atomic mass is 79.9. The molecule has 1 aliphatic rings. The minimum Gasteiger partial charge on any atom is -0.383 e. The number of cyclic esters (lactones) is 2. The molecule has 1 aromatic carbocycles. The molecule has 0 saturated carbocycles. The number of rotatable bonds is 1. The first kappa shape index (κ1) is 10.2. The van der Waals surface area contributed by atoms with Crippen LogP contribution in [0.15, 0.2) is 28.7 Å². The topological polar surface area (TPSA) is 74.1 Å². The fourth-order valence-electron chi connectivity index (χ4n) is 1.58. The number of hydrogen-bond donors (Lipinski definition) is 0. The first-order valence-electron chi connectivity index (χ1n) is 4.65. The molecule has 17 heavy (non-hydrogen) atoms. The molecule has 0 unspecified atom stereocenters. The van der Waals surface area contributed by atoms with Crippen molar-refractivity contribution in [3.8, 4) is 5.69 Å². The van der Waals surface area contributed by atoms with Gasteiger partial charge in [0.1, 0.15) is 0 Å². The number of benzene rings is 1. The van der Waals surface area contributed by atoms with Crippen LogP contribution in [-0.4, -0.2) is 26.9 Å². The lowest BCUT2D eigenvalue weighted by molar-refractivity contribution is 0.0434. The van der Waals surface area contributed by atoms with Crippen LogP contribution in [0.3, 0.4) is 0 Å². The van der Waals surface area contributed by atoms with Gasteiger partial charge in [-0.3, -0.25) is 0 Å². The summed E-state index contributed by atoms with van der Waals surface area (Å²) < 4.78 is 6.48. The molecule has 6 nitrogen and oxygen atoms in total. The zero-order valence-corrected chi connectivity index (χ0v) is 9.84. The van der Waals surface area contributed by atoms with Gasteiger partial charge in [-0.25, -0.2) is 14.3 Å². The zero-order valence-electron chi connectivity index (χ0n) is 8.25. The average molecular weight is 294 g/mol. The van der Waals surface area contributed by atoms with Gasteiger partial charge in [0, 0.05) is 4.47 Å². The Labute approximate surface area is 103 Å². The third kappa shape index (κ3) is 1.39. The molecule has 0 bridgehead atoms. The fraction of sp³-hybridized carbons (Fsp3) is 0. The van der Waals surface area contributed by atoms with Gasteiger partial charge in [0.05, 0.1) is 5.69 Å². The van der Waals surface area contributed by atoms with Crippen LogP contribution in [0.4, 0.5) is 0 Å². The van der Waals surface area contributed by atoms with Gasteiger partial charge in [-0.1, -0.05) is 17.3 Å². The number of ether oxygens (including phenoxy) is 1. The van der Waals surface area contributed by atoms with E-state index in [-0.39, 0.29) is 11.4 Å². The molecule has 84 valence electrons. The minimum absolute atomic E-state index is 0.0502. The first-order chi connectivity index (χ1) is 8.18. The van der Waals surface area contributed by atoms with E-state index in [4.69, 9.17) is 0 Å². The molecule has 0 radical (unpaired) electrons. The van der Waals surface area contributed by atoms with Crippen molar-refractivity contribution in [2.45, 2.75) is 0 Å². The number of aromatic nitrogens is 3. The minimum atomic E-state index is -0.761. The van der Waals surface area contributed by atoms with Crippen molar-refractivity contribution in [2.75, 3.05) is 0 Å². The first-order valence-corrected chi connectivity index (χ1v) is 5.45. The SMILES string of the molecule is O=C1OC(=O)c2c1nnn2-c1ccccc1Br. The summed E-state index contributed by atoms with van der Waals surface area (Å²) in [7, 11) is 0. The lowest BCUT2D eigenvalue weighted by atomic mass is 10.3. The van der Waals surface area contributed by atoms with Crippen molar-refractivity contribution in [3.63, 3.8) is 0 Å². The van der Waals surface area contributed by atoms with Crippen LogP contribution in [0.5, 0.6) is 0 Å². The molecule has 0 saturated heterocycles. The van der Waals surface area contributed by atoms with Gasteiger partial charge >= 0.3 is 11.9 Å². The normalized spacial score (nSPS) is 13.7. The predicted molar refractivity (Wildman–Crippen MR) is 58.8 cm³/mol. The zero-order chi connectivity index (χ0) is 12.0. The van der Waals surface area contributed by atoms with Gasteiger partial charge in [0.2, 0.25) is 5.69 Å². The predicted octanol–water partition coefficient (Wildman–Crippen LogP) is 1.34. The number of halogens is 1. The van der Waals surface area contributed by atoms with Gasteiger partial charge in [-0.05, 0) is 28.1 Å². The Bertz CT molecular complexity index is 650. The Kier molecular flexibility index (Phi) is 2.08. The average Bonchev–Trinajstić information content (AvgIpc) is 2.83. The maximum Gasteiger partial charge on any atom is 0.369 e. The molecule has 2 heterocycles. The standard InChI is InChI=1S/C10H4BrN3O3/c11-5-3-1-2-4-6(5)14-8-7(12-13-14)9(15)17-10(8)16/h1-4H. The number of esters is 2. The van der Waals surface area contributed by atoms with Crippen LogP contribution in [-0.2, 0) is 4.74 Å². The summed E-state index contributed by atoms with van der Waals surface area (Å²) in [5.74, 6) is -1.49. The van der Waals surface area contributed by atoms with Crippen LogP contribution in [0.1, 0.15) is 21.0 Å². The molecule has 1 aliphatic heterocycles. The van der Waals surface area contributed by atoms with E-state index in [9.17, 15) is 9.59 Å². The Morgan fingerprint density at radius 1 is 1.18 bits per heavy atom. The van der Waals surface area contributed by atoms with Crippen LogP contribution < -0.4 is 0 Å². The van der Waals surface area contributed by atoms with E-state index >= 15 is 0 Å². The van der Waals surface area contributed by atoms with Gasteiger partial charge < -0.3 is 4.74 Å². The number of nitrogens with zero attached hydrogens (tertiary/aromatic N) is 3. The van der Waals surface area contributed by atoms with Gasteiger partial charge in [0.25, 0.3) is 0 Å². The fourth-order valence-corrected chi connectivity index (χ4v) is 2.03. The lowest BCUT2D eigenvalue weighted by Gasteiger charge is -2.04. The molecule has 0 spiro atoms. The van der Waals surface area contributed by atoms with Crippen molar-refractivity contribution >= 4 is 27.9 Å². The van der Waals surface area contributed by atoms with Gasteiger partial charge in [0.15, 0.2) is 5.69 Å².